The highest BCUT2D eigenvalue weighted by molar-refractivity contribution is 9.08. The summed E-state index contributed by atoms with van der Waals surface area (Å²) in [5.41, 5.74) is 3.32. The molecule has 0 aliphatic rings. The van der Waals surface area contributed by atoms with Gasteiger partial charge in [0.15, 0.2) is 0 Å². The van der Waals surface area contributed by atoms with Crippen LogP contribution in [0.1, 0.15) is 23.9 Å². The van der Waals surface area contributed by atoms with Gasteiger partial charge in [0.2, 0.25) is 0 Å². The van der Waals surface area contributed by atoms with Gasteiger partial charge in [0.05, 0.1) is 11.4 Å². The van der Waals surface area contributed by atoms with E-state index in [-0.39, 0.29) is 0 Å². The van der Waals surface area contributed by atoms with Crippen LogP contribution >= 0.6 is 15.9 Å². The Balaban J connectivity index is 3.06. The van der Waals surface area contributed by atoms with Gasteiger partial charge in [-0.15, -0.1) is 0 Å². The number of aryl methyl sites for hydroxylation is 2. The van der Waals surface area contributed by atoms with E-state index < -0.39 is 0 Å². The van der Waals surface area contributed by atoms with Crippen molar-refractivity contribution in [2.24, 2.45) is 0 Å². The molecule has 0 aliphatic carbocycles. The first-order valence-electron chi connectivity index (χ1n) is 3.66. The number of hydrogen-bond donors (Lipinski definition) is 0. The third-order valence-electron chi connectivity index (χ3n) is 1.56. The third kappa shape index (κ3) is 1.99. The van der Waals surface area contributed by atoms with Gasteiger partial charge < -0.3 is 0 Å². The summed E-state index contributed by atoms with van der Waals surface area (Å²) in [7, 11) is 0. The van der Waals surface area contributed by atoms with E-state index in [0.29, 0.717) is 0 Å². The Labute approximate surface area is 75.2 Å². The van der Waals surface area contributed by atoms with Crippen LogP contribution in [0.4, 0.5) is 0 Å². The Morgan fingerprint density at radius 3 is 2.73 bits per heavy atom. The fraction of sp³-hybridized carbons (Fsp3) is 0.500. The van der Waals surface area contributed by atoms with Crippen molar-refractivity contribution < 1.29 is 0 Å². The van der Waals surface area contributed by atoms with Crippen molar-refractivity contribution in [3.63, 3.8) is 0 Å². The average molecular weight is 215 g/mol. The van der Waals surface area contributed by atoms with Gasteiger partial charge in [-0.05, 0) is 25.0 Å². The molecule has 1 rings (SSSR count). The van der Waals surface area contributed by atoms with Crippen LogP contribution in [0.3, 0.4) is 0 Å². The molecule has 11 heavy (non-hydrogen) atoms. The van der Waals surface area contributed by atoms with Crippen LogP contribution in [0.25, 0.3) is 0 Å². The summed E-state index contributed by atoms with van der Waals surface area (Å²) in [6.07, 6.45) is 0.953. The Morgan fingerprint density at radius 2 is 2.18 bits per heavy atom. The summed E-state index contributed by atoms with van der Waals surface area (Å²) in [6.45, 7) is 4.05. The van der Waals surface area contributed by atoms with Crippen molar-refractivity contribution in [2.75, 3.05) is 0 Å². The molecule has 1 aromatic rings. The van der Waals surface area contributed by atoms with Crippen molar-refractivity contribution >= 4 is 15.9 Å². The molecule has 0 unspecified atom stereocenters. The molecule has 0 N–H and O–H groups in total. The largest absolute Gasteiger partial charge is 0.156 e. The van der Waals surface area contributed by atoms with E-state index in [1.165, 1.54) is 5.56 Å². The molecule has 0 radical (unpaired) electrons. The van der Waals surface area contributed by atoms with E-state index >= 15 is 0 Å². The quantitative estimate of drug-likeness (QED) is 0.707. The minimum Gasteiger partial charge on any atom is -0.156 e. The first-order chi connectivity index (χ1) is 5.27. The van der Waals surface area contributed by atoms with Gasteiger partial charge in [0.25, 0.3) is 0 Å². The van der Waals surface area contributed by atoms with Gasteiger partial charge in [-0.25, -0.2) is 0 Å². The Kier molecular flexibility index (Phi) is 3.00. The van der Waals surface area contributed by atoms with Crippen LogP contribution in [-0.2, 0) is 11.8 Å². The van der Waals surface area contributed by atoms with Gasteiger partial charge >= 0.3 is 0 Å². The summed E-state index contributed by atoms with van der Waals surface area (Å²) in [6, 6.07) is 2.07. The molecule has 0 aliphatic heterocycles. The van der Waals surface area contributed by atoms with Crippen molar-refractivity contribution in [3.8, 4) is 0 Å². The van der Waals surface area contributed by atoms with Crippen LogP contribution in [0.5, 0.6) is 0 Å². The summed E-state index contributed by atoms with van der Waals surface area (Å²) in [4.78, 5) is 0. The maximum absolute atomic E-state index is 4.09. The first-order valence-corrected chi connectivity index (χ1v) is 4.78. The molecule has 0 spiro atoms. The average Bonchev–Trinajstić information content (AvgIpc) is 2.04. The molecule has 0 amide bonds. The lowest BCUT2D eigenvalue weighted by molar-refractivity contribution is 0.874. The van der Waals surface area contributed by atoms with E-state index in [1.807, 2.05) is 6.92 Å². The maximum atomic E-state index is 4.09. The van der Waals surface area contributed by atoms with Crippen LogP contribution in [0, 0.1) is 6.92 Å². The van der Waals surface area contributed by atoms with Crippen molar-refractivity contribution in [1.29, 1.82) is 0 Å². The Morgan fingerprint density at radius 1 is 1.45 bits per heavy atom. The topological polar surface area (TPSA) is 25.8 Å². The Hall–Kier alpha value is -0.440. The highest BCUT2D eigenvalue weighted by Crippen LogP contribution is 2.10. The summed E-state index contributed by atoms with van der Waals surface area (Å²) in [5.74, 6) is 0. The summed E-state index contributed by atoms with van der Waals surface area (Å²) in [5, 5.41) is 8.94. The summed E-state index contributed by atoms with van der Waals surface area (Å²) < 4.78 is 0. The lowest BCUT2D eigenvalue weighted by atomic mass is 10.2. The zero-order chi connectivity index (χ0) is 8.27. The van der Waals surface area contributed by atoms with E-state index in [0.717, 1.165) is 23.1 Å². The fourth-order valence-electron chi connectivity index (χ4n) is 0.981. The molecule has 0 fully saturated rings. The molecule has 60 valence electrons. The zero-order valence-electron chi connectivity index (χ0n) is 6.76. The van der Waals surface area contributed by atoms with Crippen LogP contribution in [0.2, 0.25) is 0 Å². The molecule has 1 aromatic heterocycles. The predicted molar refractivity (Wildman–Crippen MR) is 48.8 cm³/mol. The van der Waals surface area contributed by atoms with Crippen molar-refractivity contribution in [2.45, 2.75) is 25.6 Å². The van der Waals surface area contributed by atoms with Gasteiger partial charge in [-0.1, -0.05) is 22.9 Å². The maximum Gasteiger partial charge on any atom is 0.0668 e. The molecule has 2 nitrogen and oxygen atoms in total. The van der Waals surface area contributed by atoms with E-state index in [1.54, 1.807) is 0 Å². The number of nitrogens with zero attached hydrogens (tertiary/aromatic N) is 2. The van der Waals surface area contributed by atoms with Crippen molar-refractivity contribution in [1.82, 2.24) is 10.2 Å². The van der Waals surface area contributed by atoms with Crippen LogP contribution in [0.15, 0.2) is 6.07 Å². The van der Waals surface area contributed by atoms with Crippen LogP contribution < -0.4 is 0 Å². The molecule has 3 heteroatoms. The predicted octanol–water partition coefficient (Wildman–Crippen LogP) is 2.24. The lowest BCUT2D eigenvalue weighted by Crippen LogP contribution is -1.98. The molecule has 0 atom stereocenters. The second-order valence-corrected chi connectivity index (χ2v) is 3.01. The highest BCUT2D eigenvalue weighted by atomic mass is 79.9. The minimum atomic E-state index is 0.868. The van der Waals surface area contributed by atoms with Crippen molar-refractivity contribution in [3.05, 3.63) is 23.0 Å². The van der Waals surface area contributed by atoms with Gasteiger partial charge in [-0.2, -0.15) is 10.2 Å². The standard InChI is InChI=1S/C8H11BrN2/c1-3-8-7(5-9)4-6(2)10-11-8/h4H,3,5H2,1-2H3. The lowest BCUT2D eigenvalue weighted by Gasteiger charge is -2.02. The fourth-order valence-corrected chi connectivity index (χ4v) is 1.47. The smallest absolute Gasteiger partial charge is 0.0668 e. The molecular weight excluding hydrogens is 204 g/mol. The monoisotopic (exact) mass is 214 g/mol. The normalized spacial score (nSPS) is 10.1. The van der Waals surface area contributed by atoms with E-state index in [2.05, 4.69) is 39.1 Å². The van der Waals surface area contributed by atoms with E-state index in [4.69, 9.17) is 0 Å². The SMILES string of the molecule is CCc1nnc(C)cc1CBr. The molecular formula is C8H11BrN2. The second kappa shape index (κ2) is 3.81. The molecule has 0 aromatic carbocycles. The molecule has 0 saturated heterocycles. The molecule has 0 bridgehead atoms. The molecule has 0 saturated carbocycles. The highest BCUT2D eigenvalue weighted by Gasteiger charge is 2.00. The zero-order valence-corrected chi connectivity index (χ0v) is 8.35. The number of alkyl halides is 1. The number of aromatic nitrogens is 2. The number of hydrogen-bond acceptors (Lipinski definition) is 2. The Bertz CT molecular complexity index is 248. The minimum absolute atomic E-state index is 0.868. The molecule has 1 heterocycles. The number of rotatable bonds is 2. The van der Waals surface area contributed by atoms with Gasteiger partial charge in [-0.3, -0.25) is 0 Å². The first kappa shape index (κ1) is 8.65. The number of halogens is 1. The third-order valence-corrected chi connectivity index (χ3v) is 2.17. The van der Waals surface area contributed by atoms with Gasteiger partial charge in [0.1, 0.15) is 0 Å². The van der Waals surface area contributed by atoms with E-state index in [9.17, 15) is 0 Å². The second-order valence-electron chi connectivity index (χ2n) is 2.44. The summed E-state index contributed by atoms with van der Waals surface area (Å²) >= 11 is 3.42. The van der Waals surface area contributed by atoms with Crippen LogP contribution in [-0.4, -0.2) is 10.2 Å². The van der Waals surface area contributed by atoms with Gasteiger partial charge in [0, 0.05) is 5.33 Å².